The number of carbonyl (C=O) groups is 1. The summed E-state index contributed by atoms with van der Waals surface area (Å²) < 4.78 is 36.2. The molecule has 0 amide bonds. The van der Waals surface area contributed by atoms with Crippen LogP contribution in [0.4, 0.5) is 0 Å². The smallest absolute Gasteiger partial charge is 0.343 e. The van der Waals surface area contributed by atoms with Gasteiger partial charge in [-0.3, -0.25) is 4.98 Å². The zero-order valence-electron chi connectivity index (χ0n) is 17.3. The van der Waals surface area contributed by atoms with Crippen LogP contribution in [0, 0.1) is 0 Å². The van der Waals surface area contributed by atoms with E-state index >= 15 is 0 Å². The Bertz CT molecular complexity index is 1190. The zero-order chi connectivity index (χ0) is 22.4. The van der Waals surface area contributed by atoms with Crippen molar-refractivity contribution < 1.29 is 22.7 Å². The van der Waals surface area contributed by atoms with Crippen LogP contribution in [0.3, 0.4) is 0 Å². The van der Waals surface area contributed by atoms with E-state index in [2.05, 4.69) is 4.98 Å². The van der Waals surface area contributed by atoms with E-state index in [9.17, 15) is 13.2 Å². The zero-order valence-corrected chi connectivity index (χ0v) is 18.2. The van der Waals surface area contributed by atoms with Crippen molar-refractivity contribution >= 4 is 28.1 Å². The van der Waals surface area contributed by atoms with Gasteiger partial charge in [0.2, 0.25) is 10.0 Å². The molecule has 0 aliphatic carbocycles. The molecule has 0 bridgehead atoms. The number of hydrogen-bond acceptors (Lipinski definition) is 6. The largest absolute Gasteiger partial charge is 0.493 e. The van der Waals surface area contributed by atoms with Gasteiger partial charge in [-0.2, -0.15) is 0 Å². The number of hydrogen-bond donors (Lipinski definition) is 0. The fourth-order valence-corrected chi connectivity index (χ4v) is 3.57. The number of benzene rings is 2. The third-order valence-corrected chi connectivity index (χ3v) is 6.26. The van der Waals surface area contributed by atoms with Crippen molar-refractivity contribution in [3.05, 3.63) is 83.7 Å². The van der Waals surface area contributed by atoms with Gasteiger partial charge in [-0.15, -0.1) is 0 Å². The molecule has 3 rings (SSSR count). The summed E-state index contributed by atoms with van der Waals surface area (Å²) in [6.07, 6.45) is 7.27. The van der Waals surface area contributed by atoms with E-state index in [4.69, 9.17) is 9.47 Å². The van der Waals surface area contributed by atoms with Crippen molar-refractivity contribution in [1.82, 2.24) is 9.29 Å². The van der Waals surface area contributed by atoms with Crippen molar-refractivity contribution in [3.63, 3.8) is 0 Å². The summed E-state index contributed by atoms with van der Waals surface area (Å²) >= 11 is 0. The molecule has 0 aliphatic rings. The molecule has 0 fully saturated rings. The molecule has 0 saturated carbocycles. The van der Waals surface area contributed by atoms with Gasteiger partial charge >= 0.3 is 5.97 Å². The van der Waals surface area contributed by atoms with Gasteiger partial charge in [-0.25, -0.2) is 17.5 Å². The highest BCUT2D eigenvalue weighted by Crippen LogP contribution is 2.29. The van der Waals surface area contributed by atoms with Crippen molar-refractivity contribution in [3.8, 4) is 11.5 Å². The summed E-state index contributed by atoms with van der Waals surface area (Å²) in [5, 5.41) is 0. The Balaban J connectivity index is 1.76. The second kappa shape index (κ2) is 9.55. The van der Waals surface area contributed by atoms with Crippen molar-refractivity contribution in [2.75, 3.05) is 21.2 Å². The Morgan fingerprint density at radius 3 is 2.16 bits per heavy atom. The molecule has 7 nitrogen and oxygen atoms in total. The van der Waals surface area contributed by atoms with Gasteiger partial charge in [-0.1, -0.05) is 18.2 Å². The number of esters is 1. The van der Waals surface area contributed by atoms with E-state index in [-0.39, 0.29) is 16.2 Å². The van der Waals surface area contributed by atoms with Gasteiger partial charge in [0.15, 0.2) is 11.5 Å². The molecule has 0 unspecified atom stereocenters. The monoisotopic (exact) mass is 438 g/mol. The Morgan fingerprint density at radius 2 is 1.55 bits per heavy atom. The summed E-state index contributed by atoms with van der Waals surface area (Å²) in [5.74, 6) is 0.0442. The van der Waals surface area contributed by atoms with Gasteiger partial charge in [0.05, 0.1) is 17.6 Å². The second-order valence-corrected chi connectivity index (χ2v) is 8.88. The van der Waals surface area contributed by atoms with Crippen LogP contribution >= 0.6 is 0 Å². The average Bonchev–Trinajstić information content (AvgIpc) is 2.79. The molecule has 3 aromatic rings. The molecule has 0 saturated heterocycles. The molecule has 0 aliphatic heterocycles. The lowest BCUT2D eigenvalue weighted by atomic mass is 10.1. The standard InChI is InChI=1S/C23H22N2O5S/c1-25(2)31(27,28)20-9-7-19(8-10-20)23(26)30-21-11-6-18(16-22(21)29-3)5-4-17-12-14-24-15-13-17/h4-16H,1-3H3. The van der Waals surface area contributed by atoms with Crippen LogP contribution in [0.1, 0.15) is 21.5 Å². The lowest BCUT2D eigenvalue weighted by molar-refractivity contribution is 0.0729. The minimum absolute atomic E-state index is 0.0944. The highest BCUT2D eigenvalue weighted by molar-refractivity contribution is 7.89. The number of nitrogens with zero attached hydrogens (tertiary/aromatic N) is 2. The van der Waals surface area contributed by atoms with Crippen molar-refractivity contribution in [1.29, 1.82) is 0 Å². The summed E-state index contributed by atoms with van der Waals surface area (Å²) in [6.45, 7) is 0. The van der Waals surface area contributed by atoms with Crippen LogP contribution in [0.2, 0.25) is 0 Å². The van der Waals surface area contributed by atoms with Crippen LogP contribution in [0.25, 0.3) is 12.2 Å². The molecule has 160 valence electrons. The van der Waals surface area contributed by atoms with Gasteiger partial charge in [-0.05, 0) is 59.7 Å². The van der Waals surface area contributed by atoms with E-state index in [0.717, 1.165) is 15.4 Å². The topological polar surface area (TPSA) is 85.8 Å². The Hall–Kier alpha value is -3.49. The number of aromatic nitrogens is 1. The molecule has 1 heterocycles. The van der Waals surface area contributed by atoms with Crippen molar-refractivity contribution in [2.24, 2.45) is 0 Å². The van der Waals surface area contributed by atoms with Gasteiger partial charge in [0.25, 0.3) is 0 Å². The Morgan fingerprint density at radius 1 is 0.903 bits per heavy atom. The molecule has 31 heavy (non-hydrogen) atoms. The molecule has 0 radical (unpaired) electrons. The predicted octanol–water partition coefficient (Wildman–Crippen LogP) is 3.73. The quantitative estimate of drug-likeness (QED) is 0.413. The number of methoxy groups -OCH3 is 1. The summed E-state index contributed by atoms with van der Waals surface area (Å²) in [6, 6.07) is 14.6. The van der Waals surface area contributed by atoms with Crippen LogP contribution < -0.4 is 9.47 Å². The predicted molar refractivity (Wildman–Crippen MR) is 118 cm³/mol. The maximum atomic E-state index is 12.5. The summed E-state index contributed by atoms with van der Waals surface area (Å²) in [7, 11) is 0.810. The maximum absolute atomic E-state index is 12.5. The fraction of sp³-hybridized carbons (Fsp3) is 0.130. The van der Waals surface area contributed by atoms with E-state index in [0.29, 0.717) is 5.75 Å². The number of rotatable bonds is 7. The first kappa shape index (κ1) is 22.2. The first-order valence-electron chi connectivity index (χ1n) is 9.32. The van der Waals surface area contributed by atoms with Gasteiger partial charge in [0.1, 0.15) is 0 Å². The normalized spacial score (nSPS) is 11.6. The van der Waals surface area contributed by atoms with E-state index in [1.807, 2.05) is 24.3 Å². The third kappa shape index (κ3) is 5.36. The van der Waals surface area contributed by atoms with Crippen LogP contribution in [-0.2, 0) is 10.0 Å². The molecule has 0 N–H and O–H groups in total. The molecular formula is C23H22N2O5S. The molecular weight excluding hydrogens is 416 g/mol. The fourth-order valence-electron chi connectivity index (χ4n) is 2.67. The molecule has 2 aromatic carbocycles. The van der Waals surface area contributed by atoms with Gasteiger partial charge in [0, 0.05) is 26.5 Å². The number of carbonyl (C=O) groups excluding carboxylic acids is 1. The van der Waals surface area contributed by atoms with Crippen LogP contribution in [0.15, 0.2) is 71.9 Å². The Kier molecular flexibility index (Phi) is 6.84. The average molecular weight is 439 g/mol. The van der Waals surface area contributed by atoms with Gasteiger partial charge < -0.3 is 9.47 Å². The molecule has 8 heteroatoms. The first-order valence-corrected chi connectivity index (χ1v) is 10.8. The molecule has 0 spiro atoms. The van der Waals surface area contributed by atoms with E-state index in [1.54, 1.807) is 30.6 Å². The molecule has 1 aromatic heterocycles. The van der Waals surface area contributed by atoms with Crippen molar-refractivity contribution in [2.45, 2.75) is 4.90 Å². The first-order chi connectivity index (χ1) is 14.8. The minimum atomic E-state index is -3.57. The number of sulfonamides is 1. The van der Waals surface area contributed by atoms with Crippen LogP contribution in [0.5, 0.6) is 11.5 Å². The minimum Gasteiger partial charge on any atom is -0.493 e. The SMILES string of the molecule is COc1cc(C=Cc2ccncc2)ccc1OC(=O)c1ccc(S(=O)(=O)N(C)C)cc1. The summed E-state index contributed by atoms with van der Waals surface area (Å²) in [5.41, 5.74) is 2.09. The number of pyridine rings is 1. The second-order valence-electron chi connectivity index (χ2n) is 6.73. The number of ether oxygens (including phenoxy) is 2. The Labute approximate surface area is 181 Å². The highest BCUT2D eigenvalue weighted by Gasteiger charge is 2.18. The third-order valence-electron chi connectivity index (χ3n) is 4.43. The van der Waals surface area contributed by atoms with E-state index < -0.39 is 16.0 Å². The highest BCUT2D eigenvalue weighted by atomic mass is 32.2. The maximum Gasteiger partial charge on any atom is 0.343 e. The lowest BCUT2D eigenvalue weighted by Gasteiger charge is -2.12. The van der Waals surface area contributed by atoms with E-state index in [1.165, 1.54) is 45.5 Å². The molecule has 0 atom stereocenters. The van der Waals surface area contributed by atoms with Crippen LogP contribution in [-0.4, -0.2) is 44.9 Å². The lowest BCUT2D eigenvalue weighted by Crippen LogP contribution is -2.22. The summed E-state index contributed by atoms with van der Waals surface area (Å²) in [4.78, 5) is 16.6.